The van der Waals surface area contributed by atoms with E-state index >= 15 is 0 Å². The molecular formula is C68H5-. The van der Waals surface area contributed by atoms with Crippen LogP contribution in [-0.2, 0) is 0 Å². The van der Waals surface area contributed by atoms with E-state index < -0.39 is 0 Å². The molecule has 0 atom stereocenters. The van der Waals surface area contributed by atoms with Crippen LogP contribution in [0.25, 0.3) is 0 Å². The predicted octanol–water partition coefficient (Wildman–Crippen LogP) is 0.953. The smallest absolute Gasteiger partial charge is 0 e. The maximum Gasteiger partial charge on any atom is 0 e. The van der Waals surface area contributed by atoms with Crippen LogP contribution in [0.5, 0.6) is 0 Å². The van der Waals surface area contributed by atoms with Crippen LogP contribution in [0.15, 0.2) is 0 Å². The summed E-state index contributed by atoms with van der Waals surface area (Å²) in [5.41, 5.74) is 0. The topological polar surface area (TPSA) is 0 Å². The Kier molecular flexibility index (Phi) is 41.1. The van der Waals surface area contributed by atoms with E-state index in [1.165, 1.54) is 0 Å². The first-order valence-electron chi connectivity index (χ1n) is 17.1. The minimum Gasteiger partial charge on any atom is -0.284 e. The SMILES string of the molecule is [CH2-]C#CC#CC#CC#CC#CC#CC#CC#CC#CC#CC#CC#CC#CC#CC#CC#CC#CC#CC#CC#CC#CC#CC#CC#CC#CC#CC#CC#CC#CC#CC#CC#CC#CC. The van der Waals surface area contributed by atoms with Gasteiger partial charge in [0.15, 0.2) is 0 Å². The fraction of sp³-hybridized carbons (Fsp3) is 0.0147. The highest BCUT2D eigenvalue weighted by Gasteiger charge is 1.63. The van der Waals surface area contributed by atoms with E-state index in [9.17, 15) is 0 Å². The average molecular weight is 822 g/mol. The third kappa shape index (κ3) is 51.3. The minimum atomic E-state index is 1.68. The molecule has 0 radical (unpaired) electrons. The molecule has 0 unspecified atom stereocenters. The van der Waals surface area contributed by atoms with Crippen LogP contribution in [-0.4, -0.2) is 0 Å². The molecular weight excluding hydrogens is 817 g/mol. The summed E-state index contributed by atoms with van der Waals surface area (Å²) >= 11 is 0. The second-order valence-electron chi connectivity index (χ2n) is 8.43. The molecule has 0 aromatic rings. The Balaban J connectivity index is 4.60. The van der Waals surface area contributed by atoms with Crippen LogP contribution in [0.1, 0.15) is 6.92 Å². The minimum absolute atomic E-state index is 1.68. The molecule has 0 aliphatic heterocycles. The summed E-state index contributed by atoms with van der Waals surface area (Å²) in [7, 11) is 0. The van der Waals surface area contributed by atoms with Crippen molar-refractivity contribution < 1.29 is 0 Å². The Bertz CT molecular complexity index is 4110. The molecule has 0 heterocycles. The van der Waals surface area contributed by atoms with Gasteiger partial charge in [-0.15, -0.1) is 5.92 Å². The third-order valence-electron chi connectivity index (χ3n) is 4.15. The van der Waals surface area contributed by atoms with Crippen LogP contribution in [0.4, 0.5) is 0 Å². The predicted molar refractivity (Wildman–Crippen MR) is 268 cm³/mol. The molecule has 0 spiro atoms. The molecule has 0 aliphatic rings. The van der Waals surface area contributed by atoms with E-state index in [0.717, 1.165) is 0 Å². The maximum atomic E-state index is 3.32. The fourth-order valence-corrected chi connectivity index (χ4v) is 2.04. The molecule has 0 aromatic carbocycles. The van der Waals surface area contributed by atoms with Crippen molar-refractivity contribution >= 4 is 0 Å². The van der Waals surface area contributed by atoms with Gasteiger partial charge in [-0.05, 0) is 102 Å². The van der Waals surface area contributed by atoms with E-state index in [4.69, 9.17) is 0 Å². The van der Waals surface area contributed by atoms with Gasteiger partial charge in [0, 0.05) is 272 Å². The number of hydrogen-bond donors (Lipinski definition) is 0. The summed E-state index contributed by atoms with van der Waals surface area (Å²) < 4.78 is 0. The van der Waals surface area contributed by atoms with Crippen LogP contribution in [0.2, 0.25) is 0 Å². The summed E-state index contributed by atoms with van der Waals surface area (Å²) in [6, 6.07) is 0. The Hall–Kier alpha value is -14.7. The highest BCUT2D eigenvalue weighted by molar-refractivity contribution is 5.52. The monoisotopic (exact) mass is 821 g/mol. The van der Waals surface area contributed by atoms with Gasteiger partial charge in [0.25, 0.3) is 0 Å². The van der Waals surface area contributed by atoms with Crippen molar-refractivity contribution in [1.82, 2.24) is 0 Å². The van der Waals surface area contributed by atoms with Gasteiger partial charge in [0.05, 0.1) is 0 Å². The molecule has 0 saturated carbocycles. The number of rotatable bonds is 0. The molecule has 0 nitrogen and oxygen atoms in total. The van der Waals surface area contributed by atoms with Crippen LogP contribution in [0.3, 0.4) is 0 Å². The quantitative estimate of drug-likeness (QED) is 0.253. The zero-order chi connectivity index (χ0) is 48.7. The van der Waals surface area contributed by atoms with Crippen molar-refractivity contribution in [3.63, 3.8) is 0 Å². The largest absolute Gasteiger partial charge is 0.284 e. The second-order valence-corrected chi connectivity index (χ2v) is 8.43. The summed E-state index contributed by atoms with van der Waals surface area (Å²) in [5, 5.41) is 0. The molecule has 278 valence electrons. The van der Waals surface area contributed by atoms with E-state index in [1.54, 1.807) is 6.92 Å². The molecule has 0 aliphatic carbocycles. The molecule has 0 bridgehead atoms. The van der Waals surface area contributed by atoms with Crippen molar-refractivity contribution in [3.05, 3.63) is 6.92 Å². The van der Waals surface area contributed by atoms with Crippen LogP contribution < -0.4 is 0 Å². The van der Waals surface area contributed by atoms with Crippen molar-refractivity contribution in [2.45, 2.75) is 6.92 Å². The van der Waals surface area contributed by atoms with Crippen LogP contribution >= 0.6 is 0 Å². The molecule has 0 fully saturated rings. The summed E-state index contributed by atoms with van der Waals surface area (Å²) in [5.74, 6) is 165. The summed E-state index contributed by atoms with van der Waals surface area (Å²) in [6.07, 6.45) is 0. The first kappa shape index (κ1) is 53.3. The molecule has 0 aromatic heterocycles. The molecule has 0 heteroatoms. The van der Waals surface area contributed by atoms with Gasteiger partial charge in [-0.2, -0.15) is 6.92 Å². The Labute approximate surface area is 402 Å². The first-order chi connectivity index (χ1) is 33.9. The van der Waals surface area contributed by atoms with Gasteiger partial charge in [-0.3, -0.25) is 5.92 Å². The van der Waals surface area contributed by atoms with E-state index in [1.807, 2.05) is 0 Å². The molecule has 0 rings (SSSR count). The standard InChI is InChI=1S/C68H5/c1-3-5-7-9-11-13-15-17-19-21-23-25-27-29-31-33-35-37-39-41-43-45-47-49-51-53-55-57-59-61-63-65-67-68-66-64-62-60-58-56-54-52-50-48-46-44-42-40-38-36-34-32-30-28-26-24-22-20-18-16-14-12-10-8-6-4-2/h1H2,2H3/q-1. The maximum absolute atomic E-state index is 3.32. The lowest BCUT2D eigenvalue weighted by molar-refractivity contribution is 1.92. The van der Waals surface area contributed by atoms with Gasteiger partial charge in [-0.1, -0.05) is 5.92 Å². The van der Waals surface area contributed by atoms with E-state index in [0.29, 0.717) is 0 Å². The molecule has 0 amide bonds. The molecule has 0 N–H and O–H groups in total. The second kappa shape index (κ2) is 52.3. The van der Waals surface area contributed by atoms with Gasteiger partial charge in [-0.25, -0.2) is 5.92 Å². The lowest BCUT2D eigenvalue weighted by atomic mass is 10.4. The normalized spacial score (nSPS) is 3.96. The lowest BCUT2D eigenvalue weighted by Gasteiger charge is -1.64. The van der Waals surface area contributed by atoms with E-state index in [-0.39, 0.29) is 0 Å². The molecule has 0 saturated heterocycles. The summed E-state index contributed by atoms with van der Waals surface area (Å²) in [6.45, 7) is 5.00. The fourth-order valence-electron chi connectivity index (χ4n) is 2.04. The van der Waals surface area contributed by atoms with Crippen molar-refractivity contribution in [3.8, 4) is 391 Å². The van der Waals surface area contributed by atoms with Crippen molar-refractivity contribution in [1.29, 1.82) is 0 Å². The van der Waals surface area contributed by atoms with E-state index in [2.05, 4.69) is 398 Å². The highest BCUT2D eigenvalue weighted by Crippen LogP contribution is 1.64. The summed E-state index contributed by atoms with van der Waals surface area (Å²) in [4.78, 5) is 0. The van der Waals surface area contributed by atoms with Crippen LogP contribution in [0, 0.1) is 398 Å². The van der Waals surface area contributed by atoms with Gasteiger partial charge in [0.1, 0.15) is 0 Å². The first-order valence-corrected chi connectivity index (χ1v) is 17.1. The Morgan fingerprint density at radius 1 is 0.118 bits per heavy atom. The zero-order valence-electron chi connectivity index (χ0n) is 34.7. The lowest BCUT2D eigenvalue weighted by Crippen LogP contribution is -1.57. The average Bonchev–Trinajstić information content (AvgIpc) is 3.35. The Morgan fingerprint density at radius 3 is 0.265 bits per heavy atom. The third-order valence-corrected chi connectivity index (χ3v) is 4.15. The number of hydrogen-bond acceptors (Lipinski definition) is 0. The highest BCUT2D eigenvalue weighted by atomic mass is 13.6. The van der Waals surface area contributed by atoms with Gasteiger partial charge >= 0.3 is 0 Å². The Morgan fingerprint density at radius 2 is 0.191 bits per heavy atom. The van der Waals surface area contributed by atoms with Crippen molar-refractivity contribution in [2.75, 3.05) is 0 Å². The van der Waals surface area contributed by atoms with Gasteiger partial charge < -0.3 is 0 Å². The van der Waals surface area contributed by atoms with Crippen molar-refractivity contribution in [2.24, 2.45) is 0 Å². The molecule has 68 heavy (non-hydrogen) atoms. The zero-order valence-corrected chi connectivity index (χ0v) is 34.7. The van der Waals surface area contributed by atoms with Gasteiger partial charge in [0.2, 0.25) is 0 Å².